The van der Waals surface area contributed by atoms with Gasteiger partial charge in [0.25, 0.3) is 17.6 Å². The van der Waals surface area contributed by atoms with E-state index in [1.165, 1.54) is 16.9 Å². The van der Waals surface area contributed by atoms with E-state index in [4.69, 9.17) is 9.47 Å². The number of hydrogen-bond donors (Lipinski definition) is 1. The molecule has 1 saturated heterocycles. The van der Waals surface area contributed by atoms with Crippen LogP contribution in [0.2, 0.25) is 0 Å². The van der Waals surface area contributed by atoms with Gasteiger partial charge in [-0.2, -0.15) is 0 Å². The third-order valence-electron chi connectivity index (χ3n) is 6.25. The van der Waals surface area contributed by atoms with Crippen LogP contribution in [0.15, 0.2) is 54.1 Å². The Balaban J connectivity index is 1.95. The molecular formula is C26H28N2O6. The van der Waals surface area contributed by atoms with Crippen LogP contribution in [0.25, 0.3) is 5.76 Å². The molecule has 1 N–H and O–H groups in total. The number of likely N-dealkylation sites (N-methyl/N-ethyl adjacent to an activating group) is 1. The zero-order chi connectivity index (χ0) is 24.5. The second-order valence-corrected chi connectivity index (χ2v) is 8.15. The van der Waals surface area contributed by atoms with Crippen molar-refractivity contribution in [1.29, 1.82) is 0 Å². The van der Waals surface area contributed by atoms with Gasteiger partial charge in [-0.25, -0.2) is 0 Å². The van der Waals surface area contributed by atoms with Crippen LogP contribution < -0.4 is 9.64 Å². The molecule has 0 saturated carbocycles. The van der Waals surface area contributed by atoms with Crippen molar-refractivity contribution < 1.29 is 29.0 Å². The van der Waals surface area contributed by atoms with Crippen LogP contribution in [-0.4, -0.2) is 61.0 Å². The molecule has 8 nitrogen and oxygen atoms in total. The summed E-state index contributed by atoms with van der Waals surface area (Å²) in [6.07, 6.45) is 0.850. The Morgan fingerprint density at radius 3 is 2.35 bits per heavy atom. The minimum atomic E-state index is -1.76. The fourth-order valence-corrected chi connectivity index (χ4v) is 4.74. The first-order valence-corrected chi connectivity index (χ1v) is 11.4. The van der Waals surface area contributed by atoms with E-state index in [-0.39, 0.29) is 18.7 Å². The number of para-hydroxylation sites is 1. The quantitative estimate of drug-likeness (QED) is 0.366. The zero-order valence-corrected chi connectivity index (χ0v) is 19.5. The van der Waals surface area contributed by atoms with Crippen LogP contribution in [0.1, 0.15) is 31.4 Å². The van der Waals surface area contributed by atoms with Crippen molar-refractivity contribution >= 4 is 29.0 Å². The first-order chi connectivity index (χ1) is 16.4. The van der Waals surface area contributed by atoms with Crippen molar-refractivity contribution in [2.45, 2.75) is 25.8 Å². The maximum absolute atomic E-state index is 14.0. The molecular weight excluding hydrogens is 436 g/mol. The van der Waals surface area contributed by atoms with E-state index in [9.17, 15) is 19.5 Å². The number of carbonyl (C=O) groups excluding carboxylic acids is 3. The van der Waals surface area contributed by atoms with Crippen LogP contribution in [0.4, 0.5) is 5.69 Å². The van der Waals surface area contributed by atoms with Crippen molar-refractivity contribution in [2.75, 3.05) is 38.3 Å². The Morgan fingerprint density at radius 2 is 1.71 bits per heavy atom. The van der Waals surface area contributed by atoms with Gasteiger partial charge >= 0.3 is 0 Å². The number of ketones is 1. The van der Waals surface area contributed by atoms with Crippen molar-refractivity contribution in [3.63, 3.8) is 0 Å². The number of hydrogen-bond acceptors (Lipinski definition) is 6. The number of methoxy groups -OCH3 is 1. The summed E-state index contributed by atoms with van der Waals surface area (Å²) in [6, 6.07) is 13.6. The monoisotopic (exact) mass is 464 g/mol. The summed E-state index contributed by atoms with van der Waals surface area (Å²) < 4.78 is 10.8. The number of ether oxygens (including phenoxy) is 2. The fourth-order valence-electron chi connectivity index (χ4n) is 4.74. The summed E-state index contributed by atoms with van der Waals surface area (Å²) >= 11 is 0. The highest BCUT2D eigenvalue weighted by Crippen LogP contribution is 2.53. The highest BCUT2D eigenvalue weighted by Gasteiger charge is 2.66. The Labute approximate surface area is 198 Å². The molecule has 0 aromatic heterocycles. The molecule has 0 radical (unpaired) electrons. The number of aliphatic hydroxyl groups excluding tert-OH is 1. The molecule has 0 bridgehead atoms. The first-order valence-electron chi connectivity index (χ1n) is 11.4. The maximum atomic E-state index is 14.0. The Kier molecular flexibility index (Phi) is 6.43. The molecule has 2 amide bonds. The second-order valence-electron chi connectivity index (χ2n) is 8.15. The van der Waals surface area contributed by atoms with Gasteiger partial charge in [0.05, 0.1) is 24.5 Å². The van der Waals surface area contributed by atoms with Gasteiger partial charge in [-0.15, -0.1) is 0 Å². The molecule has 8 heteroatoms. The molecule has 2 aliphatic rings. The van der Waals surface area contributed by atoms with E-state index >= 15 is 0 Å². The number of rotatable bonds is 8. The third-order valence-corrected chi connectivity index (χ3v) is 6.25. The van der Waals surface area contributed by atoms with Crippen molar-refractivity contribution in [3.8, 4) is 5.75 Å². The largest absolute Gasteiger partial charge is 0.507 e. The summed E-state index contributed by atoms with van der Waals surface area (Å²) in [6.45, 7) is 4.85. The van der Waals surface area contributed by atoms with Gasteiger partial charge in [0.2, 0.25) is 0 Å². The molecule has 34 heavy (non-hydrogen) atoms. The summed E-state index contributed by atoms with van der Waals surface area (Å²) in [5.74, 6) is -1.98. The average Bonchev–Trinajstić information content (AvgIpc) is 3.24. The summed E-state index contributed by atoms with van der Waals surface area (Å²) in [7, 11) is 1.48. The van der Waals surface area contributed by atoms with Crippen molar-refractivity contribution in [1.82, 2.24) is 4.90 Å². The van der Waals surface area contributed by atoms with Gasteiger partial charge < -0.3 is 24.4 Å². The molecule has 0 aliphatic carbocycles. The van der Waals surface area contributed by atoms with E-state index in [2.05, 4.69) is 0 Å². The molecule has 178 valence electrons. The average molecular weight is 465 g/mol. The Bertz CT molecular complexity index is 1160. The van der Waals surface area contributed by atoms with Gasteiger partial charge in [0, 0.05) is 31.3 Å². The number of likely N-dealkylation sites (tertiary alicyclic amines) is 1. The SMILES string of the molecule is CCCOc1ccc(/C(O)=C2\C(=O)C(=O)N(CCOC)C23C(=O)N(CC)c2ccccc23)cc1. The lowest BCUT2D eigenvalue weighted by Gasteiger charge is -2.34. The molecule has 1 unspecified atom stereocenters. The minimum Gasteiger partial charge on any atom is -0.507 e. The fraction of sp³-hybridized carbons (Fsp3) is 0.346. The Hall–Kier alpha value is -3.65. The lowest BCUT2D eigenvalue weighted by molar-refractivity contribution is -0.144. The number of benzene rings is 2. The van der Waals surface area contributed by atoms with Crippen LogP contribution in [0.5, 0.6) is 5.75 Å². The van der Waals surface area contributed by atoms with Crippen LogP contribution in [-0.2, 0) is 24.7 Å². The number of amides is 2. The van der Waals surface area contributed by atoms with E-state index in [1.54, 1.807) is 48.5 Å². The predicted octanol–water partition coefficient (Wildman–Crippen LogP) is 3.06. The lowest BCUT2D eigenvalue weighted by atomic mass is 9.82. The second kappa shape index (κ2) is 9.30. The highest BCUT2D eigenvalue weighted by molar-refractivity contribution is 6.50. The molecule has 2 aromatic rings. The van der Waals surface area contributed by atoms with Gasteiger partial charge in [0.15, 0.2) is 5.54 Å². The maximum Gasteiger partial charge on any atom is 0.296 e. The van der Waals surface area contributed by atoms with Crippen molar-refractivity contribution in [3.05, 3.63) is 65.2 Å². The first kappa shape index (κ1) is 23.5. The highest BCUT2D eigenvalue weighted by atomic mass is 16.5. The molecule has 4 rings (SSSR count). The van der Waals surface area contributed by atoms with Gasteiger partial charge in [-0.3, -0.25) is 14.4 Å². The number of aliphatic hydroxyl groups is 1. The normalized spacial score (nSPS) is 21.0. The molecule has 1 atom stereocenters. The zero-order valence-electron chi connectivity index (χ0n) is 19.5. The standard InChI is InChI=1S/C26H28N2O6/c1-4-15-34-18-12-10-17(11-13-18)22(29)21-23(30)24(31)28(14-16-33-3)26(21)19-8-6-7-9-20(19)27(5-2)25(26)32/h6-13,29H,4-5,14-16H2,1-3H3/b22-21-. The number of nitrogens with zero attached hydrogens (tertiary/aromatic N) is 2. The summed E-state index contributed by atoms with van der Waals surface area (Å²) in [5.41, 5.74) is -0.589. The van der Waals surface area contributed by atoms with Crippen LogP contribution >= 0.6 is 0 Å². The van der Waals surface area contributed by atoms with E-state index in [1.807, 2.05) is 13.8 Å². The molecule has 2 aromatic carbocycles. The van der Waals surface area contributed by atoms with Crippen LogP contribution in [0, 0.1) is 0 Å². The molecule has 1 fully saturated rings. The van der Waals surface area contributed by atoms with E-state index in [0.29, 0.717) is 35.7 Å². The molecule has 2 aliphatic heterocycles. The minimum absolute atomic E-state index is 0.0132. The third kappa shape index (κ3) is 3.37. The van der Waals surface area contributed by atoms with E-state index < -0.39 is 28.9 Å². The van der Waals surface area contributed by atoms with Crippen molar-refractivity contribution in [2.24, 2.45) is 0 Å². The summed E-state index contributed by atoms with van der Waals surface area (Å²) in [4.78, 5) is 43.3. The lowest BCUT2D eigenvalue weighted by Crippen LogP contribution is -2.52. The molecule has 1 spiro atoms. The number of anilines is 1. The predicted molar refractivity (Wildman–Crippen MR) is 127 cm³/mol. The van der Waals surface area contributed by atoms with E-state index in [0.717, 1.165) is 6.42 Å². The van der Waals surface area contributed by atoms with Crippen LogP contribution in [0.3, 0.4) is 0 Å². The number of Topliss-reactive ketones (excluding diaryl/α,β-unsaturated/α-hetero) is 1. The Morgan fingerprint density at radius 1 is 1.00 bits per heavy atom. The molecule has 2 heterocycles. The smallest absolute Gasteiger partial charge is 0.296 e. The van der Waals surface area contributed by atoms with Gasteiger partial charge in [-0.1, -0.05) is 25.1 Å². The van der Waals surface area contributed by atoms with Gasteiger partial charge in [0.1, 0.15) is 11.5 Å². The topological polar surface area (TPSA) is 96.4 Å². The number of carbonyl (C=O) groups is 3. The van der Waals surface area contributed by atoms with Gasteiger partial charge in [-0.05, 0) is 43.7 Å². The number of fused-ring (bicyclic) bond motifs is 2. The summed E-state index contributed by atoms with van der Waals surface area (Å²) in [5, 5.41) is 11.4.